The van der Waals surface area contributed by atoms with Crippen LogP contribution in [0.2, 0.25) is 0 Å². The Morgan fingerprint density at radius 3 is 2.37 bits per heavy atom. The van der Waals surface area contributed by atoms with Crippen molar-refractivity contribution < 1.29 is 19.4 Å². The van der Waals surface area contributed by atoms with Crippen molar-refractivity contribution in [2.75, 3.05) is 7.11 Å². The second-order valence-electron chi connectivity index (χ2n) is 6.70. The summed E-state index contributed by atoms with van der Waals surface area (Å²) in [7, 11) is 1.30. The van der Waals surface area contributed by atoms with Gasteiger partial charge in [-0.2, -0.15) is 0 Å². The SMILES string of the molecule is COC(=O)C1(NC(=O)c2nc3ccccc3cc2O)Cc2ccccc2C1. The van der Waals surface area contributed by atoms with Crippen LogP contribution in [0.25, 0.3) is 10.9 Å². The molecule has 0 fully saturated rings. The first kappa shape index (κ1) is 17.0. The normalized spacial score (nSPS) is 14.6. The number of carbonyl (C=O) groups is 2. The summed E-state index contributed by atoms with van der Waals surface area (Å²) in [6, 6.07) is 16.3. The fourth-order valence-electron chi connectivity index (χ4n) is 3.64. The molecule has 136 valence electrons. The maximum Gasteiger partial charge on any atom is 0.332 e. The lowest BCUT2D eigenvalue weighted by Gasteiger charge is -2.27. The monoisotopic (exact) mass is 362 g/mol. The molecule has 0 unspecified atom stereocenters. The van der Waals surface area contributed by atoms with E-state index in [0.29, 0.717) is 18.4 Å². The molecular weight excluding hydrogens is 344 g/mol. The van der Waals surface area contributed by atoms with Gasteiger partial charge in [0.15, 0.2) is 5.69 Å². The number of aromatic hydroxyl groups is 1. The molecule has 6 heteroatoms. The smallest absolute Gasteiger partial charge is 0.332 e. The Kier molecular flexibility index (Phi) is 4.03. The molecule has 0 saturated heterocycles. The largest absolute Gasteiger partial charge is 0.505 e. The van der Waals surface area contributed by atoms with Crippen molar-refractivity contribution >= 4 is 22.8 Å². The summed E-state index contributed by atoms with van der Waals surface area (Å²) in [5.74, 6) is -1.37. The summed E-state index contributed by atoms with van der Waals surface area (Å²) in [4.78, 5) is 29.7. The summed E-state index contributed by atoms with van der Waals surface area (Å²) >= 11 is 0. The summed E-state index contributed by atoms with van der Waals surface area (Å²) in [5, 5.41) is 13.8. The van der Waals surface area contributed by atoms with Crippen LogP contribution in [0.4, 0.5) is 0 Å². The zero-order chi connectivity index (χ0) is 19.0. The average Bonchev–Trinajstić information content (AvgIpc) is 3.05. The molecule has 27 heavy (non-hydrogen) atoms. The Morgan fingerprint density at radius 1 is 1.07 bits per heavy atom. The summed E-state index contributed by atoms with van der Waals surface area (Å²) < 4.78 is 4.97. The van der Waals surface area contributed by atoms with Crippen LogP contribution in [-0.4, -0.2) is 34.6 Å². The highest BCUT2D eigenvalue weighted by atomic mass is 16.5. The molecule has 0 spiro atoms. The lowest BCUT2D eigenvalue weighted by atomic mass is 9.95. The van der Waals surface area contributed by atoms with E-state index in [2.05, 4.69) is 10.3 Å². The first-order valence-corrected chi connectivity index (χ1v) is 8.59. The Bertz CT molecular complexity index is 1040. The predicted molar refractivity (Wildman–Crippen MR) is 99.5 cm³/mol. The second-order valence-corrected chi connectivity index (χ2v) is 6.70. The molecule has 0 bridgehead atoms. The third-order valence-corrected chi connectivity index (χ3v) is 4.95. The molecule has 0 saturated carbocycles. The average molecular weight is 362 g/mol. The Labute approximate surface area is 155 Å². The highest BCUT2D eigenvalue weighted by Crippen LogP contribution is 2.32. The zero-order valence-corrected chi connectivity index (χ0v) is 14.7. The molecule has 2 N–H and O–H groups in total. The van der Waals surface area contributed by atoms with Gasteiger partial charge in [0, 0.05) is 18.2 Å². The fraction of sp³-hybridized carbons (Fsp3) is 0.190. The van der Waals surface area contributed by atoms with E-state index in [4.69, 9.17) is 4.74 Å². The van der Waals surface area contributed by atoms with Crippen LogP contribution < -0.4 is 5.32 Å². The third-order valence-electron chi connectivity index (χ3n) is 4.95. The van der Waals surface area contributed by atoms with Gasteiger partial charge >= 0.3 is 5.97 Å². The predicted octanol–water partition coefficient (Wildman–Crippen LogP) is 2.38. The van der Waals surface area contributed by atoms with Gasteiger partial charge in [-0.25, -0.2) is 9.78 Å². The van der Waals surface area contributed by atoms with Gasteiger partial charge in [0.05, 0.1) is 12.6 Å². The van der Waals surface area contributed by atoms with Gasteiger partial charge in [-0.3, -0.25) is 4.79 Å². The van der Waals surface area contributed by atoms with E-state index in [-0.39, 0.29) is 11.4 Å². The number of hydrogen-bond acceptors (Lipinski definition) is 5. The van der Waals surface area contributed by atoms with Crippen LogP contribution in [0.1, 0.15) is 21.6 Å². The number of rotatable bonds is 3. The van der Waals surface area contributed by atoms with Crippen molar-refractivity contribution in [1.82, 2.24) is 10.3 Å². The number of aromatic nitrogens is 1. The van der Waals surface area contributed by atoms with Gasteiger partial charge in [-0.05, 0) is 23.3 Å². The van der Waals surface area contributed by atoms with E-state index in [1.54, 1.807) is 18.2 Å². The first-order chi connectivity index (χ1) is 13.0. The van der Waals surface area contributed by atoms with Crippen molar-refractivity contribution in [3.63, 3.8) is 0 Å². The van der Waals surface area contributed by atoms with Gasteiger partial charge in [0.25, 0.3) is 5.91 Å². The molecule has 2 aromatic carbocycles. The highest BCUT2D eigenvalue weighted by Gasteiger charge is 2.46. The van der Waals surface area contributed by atoms with Gasteiger partial charge in [0.2, 0.25) is 0 Å². The van der Waals surface area contributed by atoms with E-state index in [0.717, 1.165) is 16.5 Å². The van der Waals surface area contributed by atoms with Crippen LogP contribution in [0.3, 0.4) is 0 Å². The van der Waals surface area contributed by atoms with Crippen LogP contribution in [0.15, 0.2) is 54.6 Å². The van der Waals surface area contributed by atoms with Gasteiger partial charge in [-0.1, -0.05) is 42.5 Å². The minimum absolute atomic E-state index is 0.118. The Morgan fingerprint density at radius 2 is 1.70 bits per heavy atom. The topological polar surface area (TPSA) is 88.5 Å². The van der Waals surface area contributed by atoms with Crippen molar-refractivity contribution in [3.05, 3.63) is 71.4 Å². The number of amides is 1. The van der Waals surface area contributed by atoms with Gasteiger partial charge < -0.3 is 15.2 Å². The van der Waals surface area contributed by atoms with Crippen molar-refractivity contribution in [2.45, 2.75) is 18.4 Å². The highest BCUT2D eigenvalue weighted by molar-refractivity contribution is 6.01. The van der Waals surface area contributed by atoms with Crippen LogP contribution >= 0.6 is 0 Å². The number of pyridine rings is 1. The van der Waals surface area contributed by atoms with E-state index in [9.17, 15) is 14.7 Å². The second kappa shape index (κ2) is 6.39. The number of ether oxygens (including phenoxy) is 1. The molecular formula is C21H18N2O4. The molecule has 1 aliphatic carbocycles. The summed E-state index contributed by atoms with van der Waals surface area (Å²) in [6.45, 7) is 0. The van der Waals surface area contributed by atoms with Crippen LogP contribution in [0.5, 0.6) is 5.75 Å². The number of carbonyl (C=O) groups excluding carboxylic acids is 2. The van der Waals surface area contributed by atoms with Gasteiger partial charge in [-0.15, -0.1) is 0 Å². The number of benzene rings is 2. The molecule has 1 amide bonds. The van der Waals surface area contributed by atoms with E-state index >= 15 is 0 Å². The molecule has 4 rings (SSSR count). The van der Waals surface area contributed by atoms with Crippen molar-refractivity contribution in [1.29, 1.82) is 0 Å². The van der Waals surface area contributed by atoms with Gasteiger partial charge in [0.1, 0.15) is 11.3 Å². The number of methoxy groups -OCH3 is 1. The Balaban J connectivity index is 1.70. The molecule has 1 heterocycles. The first-order valence-electron chi connectivity index (χ1n) is 8.59. The lowest BCUT2D eigenvalue weighted by Crippen LogP contribution is -2.56. The molecule has 3 aromatic rings. The number of nitrogens with zero attached hydrogens (tertiary/aromatic N) is 1. The molecule has 0 atom stereocenters. The molecule has 6 nitrogen and oxygen atoms in total. The molecule has 1 aliphatic rings. The van der Waals surface area contributed by atoms with E-state index in [1.165, 1.54) is 13.2 Å². The molecule has 0 radical (unpaired) electrons. The summed E-state index contributed by atoms with van der Waals surface area (Å²) in [6.07, 6.45) is 0.659. The molecule has 0 aliphatic heterocycles. The maximum atomic E-state index is 12.9. The minimum atomic E-state index is -1.21. The standard InChI is InChI=1S/C21H18N2O4/c1-27-20(26)21(11-14-7-2-3-8-15(14)12-21)23-19(25)18-17(24)10-13-6-4-5-9-16(13)22-18/h2-10,24H,11-12H2,1H3,(H,23,25). The maximum absolute atomic E-state index is 12.9. The number of hydrogen-bond donors (Lipinski definition) is 2. The Hall–Kier alpha value is -3.41. The molecule has 1 aromatic heterocycles. The van der Waals surface area contributed by atoms with E-state index in [1.807, 2.05) is 30.3 Å². The van der Waals surface area contributed by atoms with E-state index < -0.39 is 17.4 Å². The van der Waals surface area contributed by atoms with Crippen molar-refractivity contribution in [3.8, 4) is 5.75 Å². The quantitative estimate of drug-likeness (QED) is 0.699. The number of esters is 1. The van der Waals surface area contributed by atoms with Crippen LogP contribution in [0, 0.1) is 0 Å². The lowest BCUT2D eigenvalue weighted by molar-refractivity contribution is -0.147. The van der Waals surface area contributed by atoms with Crippen LogP contribution in [-0.2, 0) is 22.4 Å². The zero-order valence-electron chi connectivity index (χ0n) is 14.7. The third kappa shape index (κ3) is 2.89. The number of fused-ring (bicyclic) bond motifs is 2. The number of para-hydroxylation sites is 1. The fourth-order valence-corrected chi connectivity index (χ4v) is 3.64. The minimum Gasteiger partial charge on any atom is -0.505 e. The van der Waals surface area contributed by atoms with Crippen molar-refractivity contribution in [2.24, 2.45) is 0 Å². The number of nitrogens with one attached hydrogen (secondary N) is 1. The summed E-state index contributed by atoms with van der Waals surface area (Å²) in [5.41, 5.74) is 1.22.